The van der Waals surface area contributed by atoms with Crippen LogP contribution in [0.15, 0.2) is 18.2 Å². The quantitative estimate of drug-likeness (QED) is 0.858. The molecule has 1 heterocycles. The van der Waals surface area contributed by atoms with Crippen LogP contribution >= 0.6 is 0 Å². The molecule has 26 heavy (non-hydrogen) atoms. The number of halogens is 2. The van der Waals surface area contributed by atoms with Crippen molar-refractivity contribution in [2.75, 3.05) is 13.2 Å². The number of nitrogens with one attached hydrogen (secondary N) is 1. The van der Waals surface area contributed by atoms with Crippen molar-refractivity contribution in [2.45, 2.75) is 44.1 Å². The van der Waals surface area contributed by atoms with Gasteiger partial charge in [-0.15, -0.1) is 0 Å². The van der Waals surface area contributed by atoms with Gasteiger partial charge in [-0.1, -0.05) is 12.5 Å². The highest BCUT2D eigenvalue weighted by atomic mass is 19.1. The fourth-order valence-corrected chi connectivity index (χ4v) is 4.05. The molecular formula is C19H23F2NO4. The normalized spacial score (nSPS) is 25.5. The van der Waals surface area contributed by atoms with Gasteiger partial charge in [-0.05, 0) is 38.2 Å². The minimum Gasteiger partial charge on any atom is -0.481 e. The van der Waals surface area contributed by atoms with Crippen LogP contribution in [0.2, 0.25) is 0 Å². The van der Waals surface area contributed by atoms with Crippen LogP contribution in [0.1, 0.15) is 44.1 Å². The van der Waals surface area contributed by atoms with E-state index in [9.17, 15) is 23.5 Å². The third-order valence-electron chi connectivity index (χ3n) is 5.55. The molecule has 3 rings (SSSR count). The Morgan fingerprint density at radius 1 is 1.15 bits per heavy atom. The predicted molar refractivity (Wildman–Crippen MR) is 89.3 cm³/mol. The van der Waals surface area contributed by atoms with Crippen molar-refractivity contribution in [3.63, 3.8) is 0 Å². The molecule has 1 aromatic carbocycles. The van der Waals surface area contributed by atoms with Crippen LogP contribution in [-0.2, 0) is 19.9 Å². The van der Waals surface area contributed by atoms with Gasteiger partial charge in [0.15, 0.2) is 0 Å². The molecule has 2 N–H and O–H groups in total. The zero-order chi connectivity index (χ0) is 18.7. The van der Waals surface area contributed by atoms with E-state index in [0.29, 0.717) is 51.7 Å². The number of ether oxygens (including phenoxy) is 1. The molecule has 1 aliphatic carbocycles. The summed E-state index contributed by atoms with van der Waals surface area (Å²) in [6.45, 7) is 0.721. The fourth-order valence-electron chi connectivity index (χ4n) is 4.05. The highest BCUT2D eigenvalue weighted by Gasteiger charge is 2.40. The Labute approximate surface area is 150 Å². The summed E-state index contributed by atoms with van der Waals surface area (Å²) in [5.74, 6) is -3.44. The van der Waals surface area contributed by atoms with Gasteiger partial charge >= 0.3 is 5.97 Å². The number of amides is 1. The second-order valence-corrected chi connectivity index (χ2v) is 7.21. The van der Waals surface area contributed by atoms with E-state index in [0.717, 1.165) is 6.07 Å². The molecule has 0 spiro atoms. The Balaban J connectivity index is 1.82. The summed E-state index contributed by atoms with van der Waals surface area (Å²) in [5, 5.41) is 12.2. The average molecular weight is 367 g/mol. The van der Waals surface area contributed by atoms with E-state index >= 15 is 0 Å². The molecule has 2 atom stereocenters. The summed E-state index contributed by atoms with van der Waals surface area (Å²) >= 11 is 0. The maximum atomic E-state index is 14.4. The van der Waals surface area contributed by atoms with E-state index in [2.05, 4.69) is 5.32 Å². The van der Waals surface area contributed by atoms with Crippen molar-refractivity contribution < 1.29 is 28.2 Å². The number of rotatable bonds is 4. The lowest BCUT2D eigenvalue weighted by Crippen LogP contribution is -2.52. The van der Waals surface area contributed by atoms with E-state index in [-0.39, 0.29) is 11.5 Å². The Kier molecular flexibility index (Phi) is 5.55. The summed E-state index contributed by atoms with van der Waals surface area (Å²) < 4.78 is 33.1. The zero-order valence-electron chi connectivity index (χ0n) is 14.5. The number of benzene rings is 1. The molecule has 1 saturated carbocycles. The summed E-state index contributed by atoms with van der Waals surface area (Å²) in [5.41, 5.74) is -0.704. The molecule has 1 amide bonds. The van der Waals surface area contributed by atoms with Gasteiger partial charge in [0.05, 0.1) is 11.5 Å². The molecule has 2 unspecified atom stereocenters. The zero-order valence-corrected chi connectivity index (χ0v) is 14.5. The van der Waals surface area contributed by atoms with Gasteiger partial charge in [0.2, 0.25) is 5.91 Å². The lowest BCUT2D eigenvalue weighted by atomic mass is 9.78. The van der Waals surface area contributed by atoms with E-state index in [1.807, 2.05) is 0 Å². The van der Waals surface area contributed by atoms with E-state index < -0.39 is 35.0 Å². The van der Waals surface area contributed by atoms with Crippen molar-refractivity contribution in [1.82, 2.24) is 5.32 Å². The van der Waals surface area contributed by atoms with Gasteiger partial charge in [0.25, 0.3) is 0 Å². The Morgan fingerprint density at radius 2 is 1.85 bits per heavy atom. The molecule has 0 radical (unpaired) electrons. The van der Waals surface area contributed by atoms with Crippen LogP contribution in [0.5, 0.6) is 0 Å². The summed E-state index contributed by atoms with van der Waals surface area (Å²) in [6, 6.07) is 3.37. The highest BCUT2D eigenvalue weighted by molar-refractivity contribution is 5.81. The Hall–Kier alpha value is -2.02. The van der Waals surface area contributed by atoms with Gasteiger partial charge in [-0.25, -0.2) is 8.78 Å². The predicted octanol–water partition coefficient (Wildman–Crippen LogP) is 2.98. The maximum Gasteiger partial charge on any atom is 0.306 e. The van der Waals surface area contributed by atoms with Crippen LogP contribution in [-0.4, -0.2) is 30.2 Å². The largest absolute Gasteiger partial charge is 0.481 e. The smallest absolute Gasteiger partial charge is 0.306 e. The number of hydrogen-bond acceptors (Lipinski definition) is 3. The minimum absolute atomic E-state index is 0.251. The first-order valence-electron chi connectivity index (χ1n) is 8.99. The number of carboxylic acids is 1. The monoisotopic (exact) mass is 367 g/mol. The summed E-state index contributed by atoms with van der Waals surface area (Å²) in [7, 11) is 0. The SMILES string of the molecule is O=C(O)C1CCCC(C(=O)NC2(c3ccc(F)cc3F)CCOCC2)C1. The minimum atomic E-state index is -0.955. The van der Waals surface area contributed by atoms with Crippen molar-refractivity contribution in [3.05, 3.63) is 35.4 Å². The van der Waals surface area contributed by atoms with Crippen molar-refractivity contribution in [2.24, 2.45) is 11.8 Å². The van der Waals surface area contributed by atoms with Gasteiger partial charge in [-0.2, -0.15) is 0 Å². The molecule has 1 saturated heterocycles. The van der Waals surface area contributed by atoms with Crippen molar-refractivity contribution in [3.8, 4) is 0 Å². The van der Waals surface area contributed by atoms with E-state index in [4.69, 9.17) is 4.74 Å². The molecule has 2 aliphatic rings. The number of aliphatic carboxylic acids is 1. The molecule has 2 fully saturated rings. The highest BCUT2D eigenvalue weighted by Crippen LogP contribution is 2.36. The fraction of sp³-hybridized carbons (Fsp3) is 0.579. The third kappa shape index (κ3) is 3.87. The Bertz CT molecular complexity index is 688. The van der Waals surface area contributed by atoms with Gasteiger partial charge < -0.3 is 15.2 Å². The lowest BCUT2D eigenvalue weighted by Gasteiger charge is -2.40. The molecule has 1 aliphatic heterocycles. The van der Waals surface area contributed by atoms with Crippen molar-refractivity contribution >= 4 is 11.9 Å². The average Bonchev–Trinajstić information content (AvgIpc) is 2.62. The first-order chi connectivity index (χ1) is 12.4. The van der Waals surface area contributed by atoms with Crippen LogP contribution in [0, 0.1) is 23.5 Å². The molecule has 7 heteroatoms. The topological polar surface area (TPSA) is 75.6 Å². The third-order valence-corrected chi connectivity index (χ3v) is 5.55. The van der Waals surface area contributed by atoms with E-state index in [1.165, 1.54) is 12.1 Å². The van der Waals surface area contributed by atoms with Gasteiger partial charge in [-0.3, -0.25) is 9.59 Å². The van der Waals surface area contributed by atoms with Gasteiger partial charge in [0.1, 0.15) is 11.6 Å². The lowest BCUT2D eigenvalue weighted by molar-refractivity contribution is -0.144. The molecule has 142 valence electrons. The number of carbonyl (C=O) groups excluding carboxylic acids is 1. The first-order valence-corrected chi connectivity index (χ1v) is 8.99. The maximum absolute atomic E-state index is 14.4. The summed E-state index contributed by atoms with van der Waals surface area (Å²) in [4.78, 5) is 24.1. The number of carboxylic acid groups (broad SMARTS) is 1. The standard InChI is InChI=1S/C19H23F2NO4/c20-14-4-5-15(16(21)11-14)19(6-8-26-9-7-19)22-17(23)12-2-1-3-13(10-12)18(24)25/h4-5,11-13H,1-3,6-10H2,(H,22,23)(H,24,25). The van der Waals surface area contributed by atoms with Crippen LogP contribution in [0.25, 0.3) is 0 Å². The summed E-state index contributed by atoms with van der Waals surface area (Å²) in [6.07, 6.45) is 2.93. The second kappa shape index (κ2) is 7.70. The van der Waals surface area contributed by atoms with Crippen LogP contribution in [0.4, 0.5) is 8.78 Å². The molecule has 5 nitrogen and oxygen atoms in total. The number of hydrogen-bond donors (Lipinski definition) is 2. The van der Waals surface area contributed by atoms with Crippen LogP contribution < -0.4 is 5.32 Å². The molecule has 0 aromatic heterocycles. The number of carbonyl (C=O) groups is 2. The van der Waals surface area contributed by atoms with Crippen LogP contribution in [0.3, 0.4) is 0 Å². The second-order valence-electron chi connectivity index (χ2n) is 7.21. The van der Waals surface area contributed by atoms with Gasteiger partial charge in [0, 0.05) is 30.8 Å². The van der Waals surface area contributed by atoms with Crippen molar-refractivity contribution in [1.29, 1.82) is 0 Å². The molecule has 0 bridgehead atoms. The van der Waals surface area contributed by atoms with E-state index in [1.54, 1.807) is 0 Å². The Morgan fingerprint density at radius 3 is 2.50 bits per heavy atom. The molecule has 1 aromatic rings. The first kappa shape index (κ1) is 18.8. The molecular weight excluding hydrogens is 344 g/mol.